The van der Waals surface area contributed by atoms with Crippen molar-refractivity contribution in [2.45, 2.75) is 19.8 Å². The minimum absolute atomic E-state index is 0.0790. The van der Waals surface area contributed by atoms with Crippen molar-refractivity contribution in [3.05, 3.63) is 29.5 Å². The molecule has 0 saturated carbocycles. The third-order valence-electron chi connectivity index (χ3n) is 3.28. The van der Waals surface area contributed by atoms with E-state index in [9.17, 15) is 4.79 Å². The highest BCUT2D eigenvalue weighted by Crippen LogP contribution is 2.30. The average molecular weight is 257 g/mol. The Bertz CT molecular complexity index is 646. The maximum absolute atomic E-state index is 11.3. The second-order valence-corrected chi connectivity index (χ2v) is 4.59. The molecule has 0 unspecified atom stereocenters. The monoisotopic (exact) mass is 257 g/mol. The lowest BCUT2D eigenvalue weighted by Gasteiger charge is -2.17. The number of oxazole rings is 1. The lowest BCUT2D eigenvalue weighted by Crippen LogP contribution is -2.18. The molecule has 3 rings (SSSR count). The van der Waals surface area contributed by atoms with Gasteiger partial charge in [0.15, 0.2) is 0 Å². The zero-order valence-electron chi connectivity index (χ0n) is 10.9. The van der Waals surface area contributed by atoms with Crippen molar-refractivity contribution in [2.75, 3.05) is 17.7 Å². The Hall–Kier alpha value is -2.30. The minimum Gasteiger partial charge on any atom is -0.428 e. The van der Waals surface area contributed by atoms with Crippen molar-refractivity contribution in [3.8, 4) is 11.3 Å². The number of hydrogen-bond acceptors (Lipinski definition) is 4. The second-order valence-electron chi connectivity index (χ2n) is 4.59. The molecule has 0 fully saturated rings. The van der Waals surface area contributed by atoms with Gasteiger partial charge < -0.3 is 15.1 Å². The molecule has 0 aliphatic carbocycles. The van der Waals surface area contributed by atoms with E-state index in [0.29, 0.717) is 12.4 Å². The standard InChI is InChI=1S/C14H15N3O2/c1-8-13(17-14(15-2)19-8)10-3-5-11-9(7-10)4-6-12(18)16-11/h3,5,7H,4,6H2,1-2H3,(H,15,17)(H,16,18). The highest BCUT2D eigenvalue weighted by Gasteiger charge is 2.17. The van der Waals surface area contributed by atoms with Gasteiger partial charge in [0.05, 0.1) is 0 Å². The van der Waals surface area contributed by atoms with E-state index in [0.717, 1.165) is 34.7 Å². The number of aromatic nitrogens is 1. The predicted molar refractivity (Wildman–Crippen MR) is 73.2 cm³/mol. The molecule has 0 saturated heterocycles. The molecule has 2 N–H and O–H groups in total. The number of anilines is 2. The Balaban J connectivity index is 2.02. The largest absolute Gasteiger partial charge is 0.428 e. The molecule has 1 aliphatic heterocycles. The van der Waals surface area contributed by atoms with E-state index >= 15 is 0 Å². The van der Waals surface area contributed by atoms with E-state index in [-0.39, 0.29) is 5.91 Å². The number of nitrogens with zero attached hydrogens (tertiary/aromatic N) is 1. The molecule has 1 amide bonds. The van der Waals surface area contributed by atoms with Gasteiger partial charge in [-0.2, -0.15) is 4.98 Å². The van der Waals surface area contributed by atoms with Crippen molar-refractivity contribution in [1.29, 1.82) is 0 Å². The first-order valence-corrected chi connectivity index (χ1v) is 6.25. The maximum atomic E-state index is 11.3. The highest BCUT2D eigenvalue weighted by molar-refractivity contribution is 5.94. The third kappa shape index (κ3) is 2.07. The van der Waals surface area contributed by atoms with E-state index in [1.54, 1.807) is 7.05 Å². The lowest BCUT2D eigenvalue weighted by molar-refractivity contribution is -0.116. The van der Waals surface area contributed by atoms with Gasteiger partial charge in [0.1, 0.15) is 11.5 Å². The topological polar surface area (TPSA) is 67.2 Å². The summed E-state index contributed by atoms with van der Waals surface area (Å²) in [5.41, 5.74) is 3.89. The van der Waals surface area contributed by atoms with E-state index in [2.05, 4.69) is 21.7 Å². The van der Waals surface area contributed by atoms with Crippen LogP contribution >= 0.6 is 0 Å². The number of aryl methyl sites for hydroxylation is 2. The predicted octanol–water partition coefficient (Wildman–Crippen LogP) is 2.58. The molecule has 1 aromatic heterocycles. The first-order chi connectivity index (χ1) is 9.17. The number of rotatable bonds is 2. The highest BCUT2D eigenvalue weighted by atomic mass is 16.4. The first-order valence-electron chi connectivity index (χ1n) is 6.25. The third-order valence-corrected chi connectivity index (χ3v) is 3.28. The number of carbonyl (C=O) groups is 1. The summed E-state index contributed by atoms with van der Waals surface area (Å²) in [5, 5.41) is 5.77. The number of carbonyl (C=O) groups excluding carboxylic acids is 1. The Morgan fingerprint density at radius 1 is 1.37 bits per heavy atom. The summed E-state index contributed by atoms with van der Waals surface area (Å²) in [6.45, 7) is 1.89. The van der Waals surface area contributed by atoms with E-state index in [1.807, 2.05) is 19.1 Å². The van der Waals surface area contributed by atoms with Crippen LogP contribution in [0.25, 0.3) is 11.3 Å². The van der Waals surface area contributed by atoms with Crippen LogP contribution in [0.15, 0.2) is 22.6 Å². The van der Waals surface area contributed by atoms with Crippen LogP contribution in [-0.4, -0.2) is 17.9 Å². The number of benzene rings is 1. The quantitative estimate of drug-likeness (QED) is 0.867. The van der Waals surface area contributed by atoms with Gasteiger partial charge in [0.2, 0.25) is 5.91 Å². The molecule has 5 nitrogen and oxygen atoms in total. The molecule has 2 aromatic rings. The fraction of sp³-hybridized carbons (Fsp3) is 0.286. The van der Waals surface area contributed by atoms with Crippen LogP contribution in [-0.2, 0) is 11.2 Å². The summed E-state index contributed by atoms with van der Waals surface area (Å²) >= 11 is 0. The van der Waals surface area contributed by atoms with Crippen molar-refractivity contribution < 1.29 is 9.21 Å². The SMILES string of the molecule is CNc1nc(-c2ccc3c(c2)CCC(=O)N3)c(C)o1. The van der Waals surface area contributed by atoms with Crippen LogP contribution in [0, 0.1) is 6.92 Å². The molecule has 98 valence electrons. The van der Waals surface area contributed by atoms with Crippen LogP contribution in [0.1, 0.15) is 17.7 Å². The Labute approximate surface area is 111 Å². The van der Waals surface area contributed by atoms with Gasteiger partial charge in [0, 0.05) is 24.7 Å². The van der Waals surface area contributed by atoms with Gasteiger partial charge in [-0.05, 0) is 31.0 Å². The molecule has 0 atom stereocenters. The summed E-state index contributed by atoms with van der Waals surface area (Å²) < 4.78 is 5.49. The summed E-state index contributed by atoms with van der Waals surface area (Å²) in [6, 6.07) is 6.46. The fourth-order valence-corrected chi connectivity index (χ4v) is 2.30. The zero-order chi connectivity index (χ0) is 13.4. The molecular formula is C14H15N3O2. The van der Waals surface area contributed by atoms with Gasteiger partial charge in [-0.1, -0.05) is 6.07 Å². The summed E-state index contributed by atoms with van der Waals surface area (Å²) in [7, 11) is 1.78. The number of nitrogens with one attached hydrogen (secondary N) is 2. The van der Waals surface area contributed by atoms with Gasteiger partial charge >= 0.3 is 0 Å². The Morgan fingerprint density at radius 3 is 2.95 bits per heavy atom. The van der Waals surface area contributed by atoms with Gasteiger partial charge in [-0.3, -0.25) is 4.79 Å². The van der Waals surface area contributed by atoms with Gasteiger partial charge in [-0.15, -0.1) is 0 Å². The van der Waals surface area contributed by atoms with Crippen LogP contribution in [0.5, 0.6) is 0 Å². The lowest BCUT2D eigenvalue weighted by atomic mass is 9.99. The summed E-state index contributed by atoms with van der Waals surface area (Å²) in [5.74, 6) is 0.861. The van der Waals surface area contributed by atoms with Crippen molar-refractivity contribution in [3.63, 3.8) is 0 Å². The Morgan fingerprint density at radius 2 is 2.21 bits per heavy atom. The van der Waals surface area contributed by atoms with Crippen LogP contribution in [0.3, 0.4) is 0 Å². The smallest absolute Gasteiger partial charge is 0.295 e. The minimum atomic E-state index is 0.0790. The molecule has 1 aliphatic rings. The molecule has 2 heterocycles. The van der Waals surface area contributed by atoms with Gasteiger partial charge in [-0.25, -0.2) is 0 Å². The number of fused-ring (bicyclic) bond motifs is 1. The number of hydrogen-bond donors (Lipinski definition) is 2. The van der Waals surface area contributed by atoms with E-state index < -0.39 is 0 Å². The first kappa shape index (κ1) is 11.8. The molecule has 0 spiro atoms. The van der Waals surface area contributed by atoms with Crippen molar-refractivity contribution in [2.24, 2.45) is 0 Å². The molecule has 1 aromatic carbocycles. The van der Waals surface area contributed by atoms with Crippen molar-refractivity contribution >= 4 is 17.6 Å². The van der Waals surface area contributed by atoms with Crippen LogP contribution in [0.2, 0.25) is 0 Å². The number of amides is 1. The summed E-state index contributed by atoms with van der Waals surface area (Å²) in [4.78, 5) is 15.7. The Kier molecular flexibility index (Phi) is 2.74. The molecule has 0 bridgehead atoms. The fourth-order valence-electron chi connectivity index (χ4n) is 2.30. The van der Waals surface area contributed by atoms with E-state index in [4.69, 9.17) is 4.42 Å². The van der Waals surface area contributed by atoms with E-state index in [1.165, 1.54) is 0 Å². The average Bonchev–Trinajstić information content (AvgIpc) is 2.79. The van der Waals surface area contributed by atoms with Crippen molar-refractivity contribution in [1.82, 2.24) is 4.98 Å². The van der Waals surface area contributed by atoms with Crippen LogP contribution < -0.4 is 10.6 Å². The van der Waals surface area contributed by atoms with Gasteiger partial charge in [0.25, 0.3) is 6.01 Å². The molecule has 0 radical (unpaired) electrons. The second kappa shape index (κ2) is 4.42. The molecule has 5 heteroatoms. The summed E-state index contributed by atoms with van der Waals surface area (Å²) in [6.07, 6.45) is 1.31. The normalized spacial score (nSPS) is 13.9. The molecule has 19 heavy (non-hydrogen) atoms. The van der Waals surface area contributed by atoms with Crippen LogP contribution in [0.4, 0.5) is 11.7 Å². The maximum Gasteiger partial charge on any atom is 0.295 e. The zero-order valence-corrected chi connectivity index (χ0v) is 10.9. The molecular weight excluding hydrogens is 242 g/mol.